The van der Waals surface area contributed by atoms with E-state index in [1.807, 2.05) is 0 Å². The third-order valence-corrected chi connectivity index (χ3v) is 8.68. The van der Waals surface area contributed by atoms with Crippen molar-refractivity contribution in [3.8, 4) is 0 Å². The summed E-state index contributed by atoms with van der Waals surface area (Å²) < 4.78 is 0. The predicted molar refractivity (Wildman–Crippen MR) is 126 cm³/mol. The van der Waals surface area contributed by atoms with Crippen molar-refractivity contribution in [1.82, 2.24) is 0 Å². The van der Waals surface area contributed by atoms with Crippen LogP contribution < -0.4 is 0 Å². The van der Waals surface area contributed by atoms with E-state index in [1.54, 1.807) is 23.1 Å². The summed E-state index contributed by atoms with van der Waals surface area (Å²) >= 11 is 0. The van der Waals surface area contributed by atoms with Crippen molar-refractivity contribution in [2.24, 2.45) is 29.6 Å². The first-order valence-electron chi connectivity index (χ1n) is 13.0. The largest absolute Gasteiger partial charge is 0.0914 e. The van der Waals surface area contributed by atoms with Crippen LogP contribution in [0, 0.1) is 29.6 Å². The molecule has 3 aliphatic carbocycles. The maximum absolute atomic E-state index is 2.57. The zero-order valence-electron chi connectivity index (χ0n) is 19.2. The van der Waals surface area contributed by atoms with Gasteiger partial charge < -0.3 is 0 Å². The normalized spacial score (nSPS) is 32.1. The molecule has 5 atom stereocenters. The number of aryl methyl sites for hydroxylation is 2. The Morgan fingerprint density at radius 2 is 1.62 bits per heavy atom. The molecular weight excluding hydrogens is 348 g/mol. The van der Waals surface area contributed by atoms with Crippen LogP contribution in [0.1, 0.15) is 101 Å². The van der Waals surface area contributed by atoms with E-state index in [4.69, 9.17) is 0 Å². The zero-order chi connectivity index (χ0) is 20.1. The minimum absolute atomic E-state index is 0.885. The van der Waals surface area contributed by atoms with E-state index in [0.717, 1.165) is 29.6 Å². The first kappa shape index (κ1) is 21.2. The van der Waals surface area contributed by atoms with E-state index < -0.39 is 0 Å². The fraction of sp³-hybridized carbons (Fsp3) is 0.724. The lowest BCUT2D eigenvalue weighted by atomic mass is 9.61. The van der Waals surface area contributed by atoms with Crippen molar-refractivity contribution in [2.75, 3.05) is 0 Å². The van der Waals surface area contributed by atoms with Crippen molar-refractivity contribution in [3.63, 3.8) is 0 Å². The topological polar surface area (TPSA) is 0 Å². The lowest BCUT2D eigenvalue weighted by molar-refractivity contribution is 0.0810. The van der Waals surface area contributed by atoms with Crippen LogP contribution in [0.4, 0.5) is 0 Å². The maximum atomic E-state index is 2.57. The van der Waals surface area contributed by atoms with Crippen LogP contribution in [0.25, 0.3) is 0 Å². The molecule has 29 heavy (non-hydrogen) atoms. The van der Waals surface area contributed by atoms with Crippen LogP contribution in [-0.2, 0) is 19.3 Å². The summed E-state index contributed by atoms with van der Waals surface area (Å²) in [4.78, 5) is 0. The smallest absolute Gasteiger partial charge is 0.0231 e. The van der Waals surface area contributed by atoms with Crippen LogP contribution in [0.3, 0.4) is 0 Å². The summed E-state index contributed by atoms with van der Waals surface area (Å²) in [6, 6.07) is 7.52. The van der Waals surface area contributed by atoms with E-state index in [1.165, 1.54) is 83.5 Å². The highest BCUT2D eigenvalue weighted by Gasteiger charge is 2.38. The molecule has 0 nitrogen and oxygen atoms in total. The molecule has 1 aromatic rings. The molecule has 0 amide bonds. The van der Waals surface area contributed by atoms with E-state index in [2.05, 4.69) is 44.2 Å². The Hall–Kier alpha value is -1.04. The van der Waals surface area contributed by atoms with Gasteiger partial charge in [-0.3, -0.25) is 0 Å². The van der Waals surface area contributed by atoms with E-state index in [9.17, 15) is 0 Å². The van der Waals surface area contributed by atoms with Gasteiger partial charge in [0.05, 0.1) is 0 Å². The highest BCUT2D eigenvalue weighted by Crippen LogP contribution is 2.48. The average Bonchev–Trinajstić information content (AvgIpc) is 2.76. The Morgan fingerprint density at radius 3 is 2.45 bits per heavy atom. The molecule has 160 valence electrons. The molecule has 4 rings (SSSR count). The Morgan fingerprint density at radius 1 is 0.828 bits per heavy atom. The number of hydrogen-bond donors (Lipinski definition) is 0. The predicted octanol–water partition coefficient (Wildman–Crippen LogP) is 8.32. The quantitative estimate of drug-likeness (QED) is 0.323. The summed E-state index contributed by atoms with van der Waals surface area (Å²) in [7, 11) is 0. The van der Waals surface area contributed by atoms with Crippen molar-refractivity contribution in [3.05, 3.63) is 47.0 Å². The number of rotatable bonds is 7. The van der Waals surface area contributed by atoms with Crippen LogP contribution in [0.2, 0.25) is 0 Å². The first-order valence-corrected chi connectivity index (χ1v) is 13.0. The van der Waals surface area contributed by atoms with Crippen LogP contribution in [0.15, 0.2) is 30.4 Å². The number of fused-ring (bicyclic) bond motifs is 2. The SMILES string of the molecule is C/C=C/C1CCC2CC(C3CCc4cc(CCCCCC)ccc4C3)CCC2C1. The molecule has 2 fully saturated rings. The molecule has 0 radical (unpaired) electrons. The number of hydrogen-bond acceptors (Lipinski definition) is 0. The van der Waals surface area contributed by atoms with Gasteiger partial charge in [0.1, 0.15) is 0 Å². The van der Waals surface area contributed by atoms with Gasteiger partial charge >= 0.3 is 0 Å². The number of unbranched alkanes of at least 4 members (excludes halogenated alkanes) is 3. The number of allylic oxidation sites excluding steroid dienone is 2. The fourth-order valence-electron chi connectivity index (χ4n) is 6.99. The van der Waals surface area contributed by atoms with Crippen LogP contribution >= 0.6 is 0 Å². The highest BCUT2D eigenvalue weighted by atomic mass is 14.4. The Labute approximate surface area is 180 Å². The lowest BCUT2D eigenvalue weighted by Crippen LogP contribution is -2.34. The molecule has 0 spiro atoms. The molecular formula is C29H44. The second-order valence-corrected chi connectivity index (χ2v) is 10.6. The number of benzene rings is 1. The summed E-state index contributed by atoms with van der Waals surface area (Å²) in [5.74, 6) is 4.94. The van der Waals surface area contributed by atoms with Crippen molar-refractivity contribution in [1.29, 1.82) is 0 Å². The van der Waals surface area contributed by atoms with Gasteiger partial charge in [-0.05, 0) is 124 Å². The molecule has 0 saturated heterocycles. The van der Waals surface area contributed by atoms with Crippen molar-refractivity contribution in [2.45, 2.75) is 104 Å². The molecule has 0 aliphatic heterocycles. The molecule has 0 heteroatoms. The fourth-order valence-corrected chi connectivity index (χ4v) is 6.99. The Balaban J connectivity index is 1.30. The first-order chi connectivity index (χ1) is 14.3. The molecule has 2 saturated carbocycles. The van der Waals surface area contributed by atoms with Gasteiger partial charge in [0.2, 0.25) is 0 Å². The second kappa shape index (κ2) is 10.3. The zero-order valence-corrected chi connectivity index (χ0v) is 19.2. The molecule has 3 aliphatic rings. The van der Waals surface area contributed by atoms with Crippen molar-refractivity contribution >= 4 is 0 Å². The van der Waals surface area contributed by atoms with Gasteiger partial charge in [-0.15, -0.1) is 0 Å². The Kier molecular flexibility index (Phi) is 7.54. The van der Waals surface area contributed by atoms with Gasteiger partial charge in [-0.25, -0.2) is 0 Å². The van der Waals surface area contributed by atoms with Crippen molar-refractivity contribution < 1.29 is 0 Å². The van der Waals surface area contributed by atoms with Gasteiger partial charge in [0.25, 0.3) is 0 Å². The molecule has 0 heterocycles. The van der Waals surface area contributed by atoms with E-state index in [-0.39, 0.29) is 0 Å². The van der Waals surface area contributed by atoms with Gasteiger partial charge in [-0.2, -0.15) is 0 Å². The lowest BCUT2D eigenvalue weighted by Gasteiger charge is -2.44. The van der Waals surface area contributed by atoms with Gasteiger partial charge in [0.15, 0.2) is 0 Å². The van der Waals surface area contributed by atoms with Crippen LogP contribution in [-0.4, -0.2) is 0 Å². The molecule has 0 N–H and O–H groups in total. The molecule has 1 aromatic carbocycles. The standard InChI is InChI=1S/C29H44/c1-3-5-6-7-9-23-11-13-27-21-29(17-15-25(27)19-23)28-16-14-24-18-22(8-4-2)10-12-26(24)20-28/h4,8,11,13,19,22,24,26,28-29H,3,5-7,9-10,12,14-18,20-21H2,1-2H3/b8-4+. The maximum Gasteiger partial charge on any atom is -0.0231 e. The summed E-state index contributed by atoms with van der Waals surface area (Å²) in [5, 5.41) is 0. The summed E-state index contributed by atoms with van der Waals surface area (Å²) in [5.41, 5.74) is 4.98. The molecule has 5 unspecified atom stereocenters. The summed E-state index contributed by atoms with van der Waals surface area (Å²) in [6.45, 7) is 4.50. The van der Waals surface area contributed by atoms with Crippen LogP contribution in [0.5, 0.6) is 0 Å². The van der Waals surface area contributed by atoms with Gasteiger partial charge in [0, 0.05) is 0 Å². The van der Waals surface area contributed by atoms with E-state index in [0.29, 0.717) is 0 Å². The third kappa shape index (κ3) is 5.36. The molecule has 0 aromatic heterocycles. The molecule has 0 bridgehead atoms. The van der Waals surface area contributed by atoms with Gasteiger partial charge in [-0.1, -0.05) is 56.5 Å². The average molecular weight is 393 g/mol. The minimum atomic E-state index is 0.885. The van der Waals surface area contributed by atoms with E-state index >= 15 is 0 Å². The second-order valence-electron chi connectivity index (χ2n) is 10.6. The monoisotopic (exact) mass is 392 g/mol. The Bertz CT molecular complexity index is 669. The third-order valence-electron chi connectivity index (χ3n) is 8.68. The highest BCUT2D eigenvalue weighted by molar-refractivity contribution is 5.34. The summed E-state index contributed by atoms with van der Waals surface area (Å²) in [6.07, 6.45) is 24.7. The minimum Gasteiger partial charge on any atom is -0.0914 e.